The SMILES string of the molecule is NC(=O)c1ccc(Cc2cncs2)cc1. The van der Waals surface area contributed by atoms with Crippen LogP contribution in [0.2, 0.25) is 0 Å². The van der Waals surface area contributed by atoms with Crippen LogP contribution in [0.5, 0.6) is 0 Å². The minimum atomic E-state index is -0.389. The van der Waals surface area contributed by atoms with Gasteiger partial charge >= 0.3 is 0 Å². The summed E-state index contributed by atoms with van der Waals surface area (Å²) in [6.07, 6.45) is 2.70. The Balaban J connectivity index is 2.14. The number of benzene rings is 1. The molecule has 0 unspecified atom stereocenters. The molecule has 0 saturated heterocycles. The summed E-state index contributed by atoms with van der Waals surface area (Å²) in [5, 5.41) is 0. The molecule has 3 nitrogen and oxygen atoms in total. The van der Waals surface area contributed by atoms with E-state index in [4.69, 9.17) is 5.73 Å². The highest BCUT2D eigenvalue weighted by molar-refractivity contribution is 7.09. The highest BCUT2D eigenvalue weighted by atomic mass is 32.1. The monoisotopic (exact) mass is 218 g/mol. The van der Waals surface area contributed by atoms with Gasteiger partial charge in [-0.25, -0.2) is 0 Å². The van der Waals surface area contributed by atoms with Crippen LogP contribution in [0.25, 0.3) is 0 Å². The predicted octanol–water partition coefficient (Wildman–Crippen LogP) is 1.83. The van der Waals surface area contributed by atoms with Gasteiger partial charge in [-0.05, 0) is 17.7 Å². The maximum atomic E-state index is 10.8. The van der Waals surface area contributed by atoms with Crippen LogP contribution in [0, 0.1) is 0 Å². The first-order valence-electron chi connectivity index (χ1n) is 4.52. The highest BCUT2D eigenvalue weighted by Gasteiger charge is 2.01. The lowest BCUT2D eigenvalue weighted by atomic mass is 10.1. The van der Waals surface area contributed by atoms with Crippen LogP contribution in [0.4, 0.5) is 0 Å². The van der Waals surface area contributed by atoms with E-state index in [-0.39, 0.29) is 5.91 Å². The zero-order chi connectivity index (χ0) is 10.7. The molecule has 76 valence electrons. The summed E-state index contributed by atoms with van der Waals surface area (Å²) >= 11 is 1.63. The van der Waals surface area contributed by atoms with Gasteiger partial charge in [0.25, 0.3) is 0 Å². The van der Waals surface area contributed by atoms with Gasteiger partial charge in [0.2, 0.25) is 5.91 Å². The van der Waals surface area contributed by atoms with Crippen molar-refractivity contribution in [3.63, 3.8) is 0 Å². The van der Waals surface area contributed by atoms with Gasteiger partial charge in [0.15, 0.2) is 0 Å². The number of hydrogen-bond donors (Lipinski definition) is 1. The molecule has 1 amide bonds. The standard InChI is InChI=1S/C11H10N2OS/c12-11(14)9-3-1-8(2-4-9)5-10-6-13-7-15-10/h1-4,6-7H,5H2,(H2,12,14). The van der Waals surface area contributed by atoms with Crippen molar-refractivity contribution in [2.45, 2.75) is 6.42 Å². The first-order chi connectivity index (χ1) is 7.25. The number of primary amides is 1. The second-order valence-corrected chi connectivity index (χ2v) is 4.18. The summed E-state index contributed by atoms with van der Waals surface area (Å²) in [6, 6.07) is 7.33. The summed E-state index contributed by atoms with van der Waals surface area (Å²) < 4.78 is 0. The van der Waals surface area contributed by atoms with Crippen LogP contribution in [-0.4, -0.2) is 10.9 Å². The van der Waals surface area contributed by atoms with Crippen molar-refractivity contribution in [3.8, 4) is 0 Å². The molecule has 1 aromatic carbocycles. The Hall–Kier alpha value is -1.68. The third-order valence-corrected chi connectivity index (χ3v) is 2.88. The average molecular weight is 218 g/mol. The van der Waals surface area contributed by atoms with E-state index in [1.54, 1.807) is 23.5 Å². The van der Waals surface area contributed by atoms with Crippen LogP contribution >= 0.6 is 11.3 Å². The lowest BCUT2D eigenvalue weighted by molar-refractivity contribution is 0.100. The second-order valence-electron chi connectivity index (χ2n) is 3.21. The van der Waals surface area contributed by atoms with E-state index in [1.165, 1.54) is 4.88 Å². The van der Waals surface area contributed by atoms with Crippen LogP contribution < -0.4 is 5.73 Å². The summed E-state index contributed by atoms with van der Waals surface area (Å²) in [5.41, 5.74) is 8.67. The summed E-state index contributed by atoms with van der Waals surface area (Å²) in [5.74, 6) is -0.389. The molecule has 0 aliphatic heterocycles. The van der Waals surface area contributed by atoms with Crippen molar-refractivity contribution in [2.75, 3.05) is 0 Å². The van der Waals surface area contributed by atoms with Crippen LogP contribution in [0.1, 0.15) is 20.8 Å². The van der Waals surface area contributed by atoms with E-state index < -0.39 is 0 Å². The number of aromatic nitrogens is 1. The van der Waals surface area contributed by atoms with Crippen LogP contribution in [-0.2, 0) is 6.42 Å². The third-order valence-electron chi connectivity index (χ3n) is 2.10. The van der Waals surface area contributed by atoms with Gasteiger partial charge in [-0.3, -0.25) is 9.78 Å². The second kappa shape index (κ2) is 4.23. The van der Waals surface area contributed by atoms with Gasteiger partial charge in [0, 0.05) is 23.1 Å². The number of hydrogen-bond acceptors (Lipinski definition) is 3. The minimum absolute atomic E-state index is 0.389. The summed E-state index contributed by atoms with van der Waals surface area (Å²) in [7, 11) is 0. The molecule has 0 saturated carbocycles. The van der Waals surface area contributed by atoms with E-state index in [2.05, 4.69) is 4.98 Å². The maximum absolute atomic E-state index is 10.8. The quantitative estimate of drug-likeness (QED) is 0.854. The van der Waals surface area contributed by atoms with Crippen molar-refractivity contribution in [1.29, 1.82) is 0 Å². The van der Waals surface area contributed by atoms with E-state index in [0.29, 0.717) is 5.56 Å². The molecule has 0 spiro atoms. The van der Waals surface area contributed by atoms with Crippen LogP contribution in [0.15, 0.2) is 36.0 Å². The molecule has 0 fully saturated rings. The van der Waals surface area contributed by atoms with E-state index >= 15 is 0 Å². The molecule has 1 aromatic heterocycles. The van der Waals surface area contributed by atoms with Gasteiger partial charge in [0.1, 0.15) is 0 Å². The number of thiazole rings is 1. The fraction of sp³-hybridized carbons (Fsp3) is 0.0909. The third kappa shape index (κ3) is 2.41. The largest absolute Gasteiger partial charge is 0.366 e. The number of nitrogens with two attached hydrogens (primary N) is 1. The number of carbonyl (C=O) groups is 1. The van der Waals surface area contributed by atoms with Crippen molar-refractivity contribution in [3.05, 3.63) is 52.0 Å². The zero-order valence-electron chi connectivity index (χ0n) is 8.01. The van der Waals surface area contributed by atoms with Gasteiger partial charge in [0.05, 0.1) is 5.51 Å². The van der Waals surface area contributed by atoms with E-state index in [9.17, 15) is 4.79 Å². The van der Waals surface area contributed by atoms with Crippen molar-refractivity contribution < 1.29 is 4.79 Å². The smallest absolute Gasteiger partial charge is 0.248 e. The molecule has 2 N–H and O–H groups in total. The fourth-order valence-electron chi connectivity index (χ4n) is 1.32. The van der Waals surface area contributed by atoms with Crippen LogP contribution in [0.3, 0.4) is 0 Å². The highest BCUT2D eigenvalue weighted by Crippen LogP contribution is 2.13. The molecule has 4 heteroatoms. The summed E-state index contributed by atoms with van der Waals surface area (Å²) in [6.45, 7) is 0. The Morgan fingerprint density at radius 1 is 1.33 bits per heavy atom. The molecule has 0 aliphatic carbocycles. The number of carbonyl (C=O) groups excluding carboxylic acids is 1. The topological polar surface area (TPSA) is 56.0 Å². The molecule has 15 heavy (non-hydrogen) atoms. The summed E-state index contributed by atoms with van der Waals surface area (Å²) in [4.78, 5) is 16.1. The molecule has 1 heterocycles. The lowest BCUT2D eigenvalue weighted by Gasteiger charge is -1.99. The van der Waals surface area contributed by atoms with E-state index in [0.717, 1.165) is 12.0 Å². The Morgan fingerprint density at radius 3 is 2.60 bits per heavy atom. The maximum Gasteiger partial charge on any atom is 0.248 e. The van der Waals surface area contributed by atoms with Gasteiger partial charge in [-0.15, -0.1) is 11.3 Å². The number of amides is 1. The van der Waals surface area contributed by atoms with Crippen molar-refractivity contribution in [2.24, 2.45) is 5.73 Å². The molecule has 2 rings (SSSR count). The van der Waals surface area contributed by atoms with Gasteiger partial charge in [-0.2, -0.15) is 0 Å². The Morgan fingerprint density at radius 2 is 2.07 bits per heavy atom. The minimum Gasteiger partial charge on any atom is -0.366 e. The Kier molecular flexibility index (Phi) is 2.78. The lowest BCUT2D eigenvalue weighted by Crippen LogP contribution is -2.10. The van der Waals surface area contributed by atoms with Crippen molar-refractivity contribution >= 4 is 17.2 Å². The first-order valence-corrected chi connectivity index (χ1v) is 5.40. The molecule has 0 bridgehead atoms. The normalized spacial score (nSPS) is 10.1. The molecule has 0 radical (unpaired) electrons. The molecular formula is C11H10N2OS. The molecule has 2 aromatic rings. The molecular weight excluding hydrogens is 208 g/mol. The Bertz CT molecular complexity index is 448. The Labute approximate surface area is 91.6 Å². The molecule has 0 aliphatic rings. The van der Waals surface area contributed by atoms with E-state index in [1.807, 2.05) is 23.8 Å². The predicted molar refractivity (Wildman–Crippen MR) is 59.9 cm³/mol. The van der Waals surface area contributed by atoms with Gasteiger partial charge in [-0.1, -0.05) is 12.1 Å². The zero-order valence-corrected chi connectivity index (χ0v) is 8.83. The number of rotatable bonds is 3. The van der Waals surface area contributed by atoms with Crippen molar-refractivity contribution in [1.82, 2.24) is 4.98 Å². The van der Waals surface area contributed by atoms with Gasteiger partial charge < -0.3 is 5.73 Å². The average Bonchev–Trinajstić information content (AvgIpc) is 2.71. The fourth-order valence-corrected chi connectivity index (χ4v) is 1.95. The number of nitrogens with zero attached hydrogens (tertiary/aromatic N) is 1. The first kappa shape index (κ1) is 9.86. The molecule has 0 atom stereocenters.